The number of hydrogen-bond acceptors (Lipinski definition) is 8. The lowest BCUT2D eigenvalue weighted by molar-refractivity contribution is 0.457. The Balaban J connectivity index is 1.64. The highest BCUT2D eigenvalue weighted by Gasteiger charge is 2.46. The van der Waals surface area contributed by atoms with Crippen LogP contribution in [0.5, 0.6) is 28.7 Å². The first kappa shape index (κ1) is 28.9. The molecule has 1 aliphatic rings. The van der Waals surface area contributed by atoms with E-state index in [1.807, 2.05) is 159 Å². The van der Waals surface area contributed by atoms with Crippen LogP contribution in [0.4, 0.5) is 0 Å². The predicted octanol–water partition coefficient (Wildman–Crippen LogP) is 11.3. The maximum atomic E-state index is 6.71. The molecule has 1 heterocycles. The Labute approximate surface area is 252 Å². The third-order valence-corrected chi connectivity index (χ3v) is 15.0. The molecule has 11 heteroatoms. The van der Waals surface area contributed by atoms with Gasteiger partial charge < -0.3 is 22.6 Å². The summed E-state index contributed by atoms with van der Waals surface area (Å²) in [5.41, 5.74) is 0. The molecule has 1 unspecified atom stereocenters. The Morgan fingerprint density at radius 1 is 0.372 bits per heavy atom. The van der Waals surface area contributed by atoms with Crippen molar-refractivity contribution < 1.29 is 22.6 Å². The van der Waals surface area contributed by atoms with Crippen molar-refractivity contribution >= 4 is 22.8 Å². The van der Waals surface area contributed by atoms with E-state index < -0.39 is 22.8 Å². The van der Waals surface area contributed by atoms with Crippen LogP contribution in [-0.4, -0.2) is 6.16 Å². The zero-order valence-corrected chi connectivity index (χ0v) is 26.0. The average Bonchev–Trinajstić information content (AvgIpc) is 3.03. The Morgan fingerprint density at radius 2 is 0.651 bits per heavy atom. The van der Waals surface area contributed by atoms with Crippen molar-refractivity contribution in [3.05, 3.63) is 152 Å². The second-order valence-corrected chi connectivity index (χ2v) is 16.2. The molecule has 0 aliphatic carbocycles. The van der Waals surface area contributed by atoms with Gasteiger partial charge in [0, 0.05) is 6.16 Å². The Kier molecular flexibility index (Phi) is 8.72. The number of rotatable bonds is 11. The molecule has 5 aromatic rings. The van der Waals surface area contributed by atoms with Gasteiger partial charge in [-0.25, -0.2) is 0 Å². The summed E-state index contributed by atoms with van der Waals surface area (Å²) < 4.78 is 49.0. The van der Waals surface area contributed by atoms with E-state index in [1.54, 1.807) is 0 Å². The summed E-state index contributed by atoms with van der Waals surface area (Å²) in [5, 5.41) is 0. The first-order valence-electron chi connectivity index (χ1n) is 13.7. The number of benzene rings is 5. The molecular formula is C32H30N3O5P3. The summed E-state index contributed by atoms with van der Waals surface area (Å²) in [6, 6.07) is 46.9. The van der Waals surface area contributed by atoms with Gasteiger partial charge in [0.1, 0.15) is 28.7 Å². The van der Waals surface area contributed by atoms with Gasteiger partial charge in [-0.2, -0.15) is 0 Å². The number of nitrogens with zero attached hydrogens (tertiary/aromatic N) is 3. The van der Waals surface area contributed by atoms with Crippen molar-refractivity contribution in [1.29, 1.82) is 0 Å². The SMILES string of the molecule is CCP1(Oc2ccccc2)=NP(Oc2ccccc2)(Oc2ccccc2)=NP(Oc2ccccc2)(Oc2ccccc2)=N1. The minimum atomic E-state index is -3.62. The average molecular weight is 630 g/mol. The van der Waals surface area contributed by atoms with Gasteiger partial charge in [0.25, 0.3) is 7.43 Å². The first-order chi connectivity index (χ1) is 21.1. The monoisotopic (exact) mass is 629 g/mol. The molecule has 1 aliphatic heterocycles. The molecule has 0 fully saturated rings. The van der Waals surface area contributed by atoms with Gasteiger partial charge in [-0.15, -0.1) is 9.03 Å². The molecule has 0 bridgehead atoms. The van der Waals surface area contributed by atoms with Crippen LogP contribution < -0.4 is 22.6 Å². The fourth-order valence-corrected chi connectivity index (χ4v) is 14.2. The summed E-state index contributed by atoms with van der Waals surface area (Å²) in [6.45, 7) is 1.98. The largest absolute Gasteiger partial charge is 0.458 e. The molecule has 0 saturated carbocycles. The van der Waals surface area contributed by atoms with Crippen molar-refractivity contribution in [3.63, 3.8) is 0 Å². The van der Waals surface area contributed by atoms with Crippen LogP contribution >= 0.6 is 22.8 Å². The molecule has 8 nitrogen and oxygen atoms in total. The van der Waals surface area contributed by atoms with E-state index in [4.69, 9.17) is 36.2 Å². The molecule has 0 N–H and O–H groups in total. The van der Waals surface area contributed by atoms with Crippen molar-refractivity contribution in [1.82, 2.24) is 0 Å². The van der Waals surface area contributed by atoms with Crippen LogP contribution in [0, 0.1) is 0 Å². The van der Waals surface area contributed by atoms with Gasteiger partial charge in [0.05, 0.1) is 0 Å². The second kappa shape index (κ2) is 13.0. The van der Waals surface area contributed by atoms with Crippen LogP contribution in [-0.2, 0) is 0 Å². The highest BCUT2D eigenvalue weighted by atomic mass is 31.3. The summed E-state index contributed by atoms with van der Waals surface area (Å²) in [4.78, 5) is 0. The maximum Gasteiger partial charge on any atom is 0.458 e. The van der Waals surface area contributed by atoms with Gasteiger partial charge in [-0.3, -0.25) is 0 Å². The molecule has 1 atom stereocenters. The Hall–Kier alpha value is -4.21. The van der Waals surface area contributed by atoms with E-state index in [-0.39, 0.29) is 0 Å². The number of hydrogen-bond donors (Lipinski definition) is 0. The van der Waals surface area contributed by atoms with Crippen molar-refractivity contribution in [3.8, 4) is 28.7 Å². The molecule has 0 spiro atoms. The lowest BCUT2D eigenvalue weighted by Gasteiger charge is -2.33. The van der Waals surface area contributed by atoms with E-state index in [1.165, 1.54) is 0 Å². The maximum absolute atomic E-state index is 6.71. The van der Waals surface area contributed by atoms with Gasteiger partial charge >= 0.3 is 15.3 Å². The van der Waals surface area contributed by atoms with Crippen LogP contribution in [0.25, 0.3) is 0 Å². The van der Waals surface area contributed by atoms with Gasteiger partial charge in [-0.05, 0) is 60.7 Å². The van der Waals surface area contributed by atoms with Crippen LogP contribution in [0.1, 0.15) is 6.92 Å². The lowest BCUT2D eigenvalue weighted by Crippen LogP contribution is -2.09. The predicted molar refractivity (Wildman–Crippen MR) is 174 cm³/mol. The van der Waals surface area contributed by atoms with Crippen LogP contribution in [0.2, 0.25) is 0 Å². The normalized spacial score (nSPS) is 18.1. The molecule has 6 rings (SSSR count). The molecule has 0 amide bonds. The van der Waals surface area contributed by atoms with Gasteiger partial charge in [0.2, 0.25) is 0 Å². The fraction of sp³-hybridized carbons (Fsp3) is 0.0625. The molecule has 43 heavy (non-hydrogen) atoms. The topological polar surface area (TPSA) is 83.2 Å². The van der Waals surface area contributed by atoms with E-state index >= 15 is 0 Å². The quantitative estimate of drug-likeness (QED) is 0.136. The van der Waals surface area contributed by atoms with E-state index in [0.717, 1.165) is 0 Å². The van der Waals surface area contributed by atoms with E-state index in [0.29, 0.717) is 34.9 Å². The second-order valence-electron chi connectivity index (χ2n) is 9.25. The standard InChI is InChI=1S/C32H30N3O5P3/c1-2-41(36-28-18-8-3-9-19-28)33-42(37-29-20-10-4-11-21-29,38-30-22-12-5-13-23-30)35-43(34-41,39-31-24-14-6-15-25-31)40-32-26-16-7-17-27-32/h3-27H,2H2,1H3. The van der Waals surface area contributed by atoms with Crippen LogP contribution in [0.15, 0.2) is 165 Å². The van der Waals surface area contributed by atoms with Crippen LogP contribution in [0.3, 0.4) is 0 Å². The van der Waals surface area contributed by atoms with E-state index in [2.05, 4.69) is 0 Å². The van der Waals surface area contributed by atoms with Gasteiger partial charge in [0.15, 0.2) is 0 Å². The third kappa shape index (κ3) is 7.24. The highest BCUT2D eigenvalue weighted by molar-refractivity contribution is 7.80. The van der Waals surface area contributed by atoms with Crippen molar-refractivity contribution in [2.24, 2.45) is 13.5 Å². The summed E-state index contributed by atoms with van der Waals surface area (Å²) in [5.74, 6) is 2.75. The fourth-order valence-electron chi connectivity index (χ4n) is 4.09. The summed E-state index contributed by atoms with van der Waals surface area (Å²) in [7, 11) is -10.4. The molecule has 5 aromatic carbocycles. The minimum Gasteiger partial charge on any atom is -0.441 e. The molecule has 0 saturated heterocycles. The highest BCUT2D eigenvalue weighted by Crippen LogP contribution is 2.78. The Morgan fingerprint density at radius 3 is 0.953 bits per heavy atom. The smallest absolute Gasteiger partial charge is 0.441 e. The third-order valence-electron chi connectivity index (χ3n) is 6.01. The van der Waals surface area contributed by atoms with Gasteiger partial charge in [-0.1, -0.05) is 102 Å². The zero-order chi connectivity index (χ0) is 29.4. The Bertz CT molecular complexity index is 1630. The molecule has 218 valence electrons. The number of para-hydroxylation sites is 5. The molecule has 0 aromatic heterocycles. The van der Waals surface area contributed by atoms with Crippen molar-refractivity contribution in [2.45, 2.75) is 6.92 Å². The zero-order valence-electron chi connectivity index (χ0n) is 23.4. The lowest BCUT2D eigenvalue weighted by atomic mass is 10.3. The minimum absolute atomic E-state index is 0.424. The first-order valence-corrected chi connectivity index (χ1v) is 18.6. The van der Waals surface area contributed by atoms with E-state index in [9.17, 15) is 0 Å². The molecular weight excluding hydrogens is 599 g/mol. The van der Waals surface area contributed by atoms with Crippen molar-refractivity contribution in [2.75, 3.05) is 6.16 Å². The molecule has 0 radical (unpaired) electrons. The summed E-state index contributed by atoms with van der Waals surface area (Å²) in [6.07, 6.45) is 0.424. The summed E-state index contributed by atoms with van der Waals surface area (Å²) >= 11 is 0.